The molecule has 0 aliphatic rings. The maximum absolute atomic E-state index is 5.34. The SMILES string of the molecule is COc1ccc(NCc2ncc(Br)cc2Br)c(OC)c1. The first-order valence-electron chi connectivity index (χ1n) is 5.90. The summed E-state index contributed by atoms with van der Waals surface area (Å²) in [7, 11) is 3.26. The van der Waals surface area contributed by atoms with Crippen molar-refractivity contribution in [3.05, 3.63) is 45.1 Å². The summed E-state index contributed by atoms with van der Waals surface area (Å²) in [4.78, 5) is 4.36. The summed E-state index contributed by atoms with van der Waals surface area (Å²) in [5.74, 6) is 1.49. The van der Waals surface area contributed by atoms with Gasteiger partial charge in [0.05, 0.1) is 32.1 Å². The average molecular weight is 402 g/mol. The number of anilines is 1. The van der Waals surface area contributed by atoms with Gasteiger partial charge in [-0.2, -0.15) is 0 Å². The number of hydrogen-bond donors (Lipinski definition) is 1. The van der Waals surface area contributed by atoms with Gasteiger partial charge < -0.3 is 14.8 Å². The number of hydrogen-bond acceptors (Lipinski definition) is 4. The molecule has 0 radical (unpaired) electrons. The van der Waals surface area contributed by atoms with Crippen LogP contribution >= 0.6 is 31.9 Å². The number of rotatable bonds is 5. The van der Waals surface area contributed by atoms with Gasteiger partial charge in [0.25, 0.3) is 0 Å². The first-order valence-corrected chi connectivity index (χ1v) is 7.48. The molecule has 106 valence electrons. The lowest BCUT2D eigenvalue weighted by atomic mass is 10.2. The molecule has 0 amide bonds. The van der Waals surface area contributed by atoms with Gasteiger partial charge in [0.1, 0.15) is 11.5 Å². The fourth-order valence-electron chi connectivity index (χ4n) is 1.70. The molecule has 2 aromatic rings. The van der Waals surface area contributed by atoms with E-state index in [0.29, 0.717) is 6.54 Å². The third kappa shape index (κ3) is 3.64. The number of nitrogens with zero attached hydrogens (tertiary/aromatic N) is 1. The van der Waals surface area contributed by atoms with Gasteiger partial charge in [-0.25, -0.2) is 0 Å². The highest BCUT2D eigenvalue weighted by atomic mass is 79.9. The third-order valence-corrected chi connectivity index (χ3v) is 3.86. The summed E-state index contributed by atoms with van der Waals surface area (Å²) in [6, 6.07) is 7.61. The Balaban J connectivity index is 2.14. The zero-order chi connectivity index (χ0) is 14.5. The lowest BCUT2D eigenvalue weighted by Gasteiger charge is -2.13. The van der Waals surface area contributed by atoms with Crippen LogP contribution in [0.25, 0.3) is 0 Å². The van der Waals surface area contributed by atoms with Gasteiger partial charge in [-0.15, -0.1) is 0 Å². The van der Waals surface area contributed by atoms with Crippen molar-refractivity contribution < 1.29 is 9.47 Å². The smallest absolute Gasteiger partial charge is 0.145 e. The van der Waals surface area contributed by atoms with Crippen LogP contribution in [-0.4, -0.2) is 19.2 Å². The normalized spacial score (nSPS) is 10.2. The van der Waals surface area contributed by atoms with Crippen LogP contribution in [0.3, 0.4) is 0 Å². The second kappa shape index (κ2) is 6.95. The maximum Gasteiger partial charge on any atom is 0.145 e. The van der Waals surface area contributed by atoms with E-state index in [4.69, 9.17) is 9.47 Å². The van der Waals surface area contributed by atoms with Crippen LogP contribution in [-0.2, 0) is 6.54 Å². The van der Waals surface area contributed by atoms with E-state index in [0.717, 1.165) is 31.8 Å². The van der Waals surface area contributed by atoms with Crippen molar-refractivity contribution in [1.29, 1.82) is 0 Å². The molecule has 0 bridgehead atoms. The molecule has 0 aliphatic carbocycles. The zero-order valence-corrected chi connectivity index (χ0v) is 14.3. The van der Waals surface area contributed by atoms with Crippen LogP contribution in [0.15, 0.2) is 39.4 Å². The summed E-state index contributed by atoms with van der Waals surface area (Å²) in [5, 5.41) is 3.30. The van der Waals surface area contributed by atoms with Crippen molar-refractivity contribution in [3.63, 3.8) is 0 Å². The fraction of sp³-hybridized carbons (Fsp3) is 0.214. The third-order valence-electron chi connectivity index (χ3n) is 2.74. The summed E-state index contributed by atoms with van der Waals surface area (Å²) < 4.78 is 12.4. The largest absolute Gasteiger partial charge is 0.497 e. The molecule has 2 rings (SSSR count). The van der Waals surface area contributed by atoms with E-state index >= 15 is 0 Å². The Labute approximate surface area is 134 Å². The zero-order valence-electron chi connectivity index (χ0n) is 11.1. The minimum absolute atomic E-state index is 0.594. The van der Waals surface area contributed by atoms with E-state index in [1.807, 2.05) is 24.3 Å². The molecule has 0 aliphatic heterocycles. The molecule has 20 heavy (non-hydrogen) atoms. The minimum atomic E-state index is 0.594. The van der Waals surface area contributed by atoms with Crippen LogP contribution in [0.1, 0.15) is 5.69 Å². The van der Waals surface area contributed by atoms with Crippen molar-refractivity contribution in [2.24, 2.45) is 0 Å². The Morgan fingerprint density at radius 2 is 1.95 bits per heavy atom. The number of ether oxygens (including phenoxy) is 2. The van der Waals surface area contributed by atoms with Crippen molar-refractivity contribution in [3.8, 4) is 11.5 Å². The van der Waals surface area contributed by atoms with E-state index in [2.05, 4.69) is 42.2 Å². The minimum Gasteiger partial charge on any atom is -0.497 e. The first kappa shape index (κ1) is 15.1. The van der Waals surface area contributed by atoms with Gasteiger partial charge in [0.2, 0.25) is 0 Å². The molecule has 1 N–H and O–H groups in total. The number of nitrogens with one attached hydrogen (secondary N) is 1. The molecular weight excluding hydrogens is 388 g/mol. The maximum atomic E-state index is 5.34. The van der Waals surface area contributed by atoms with Crippen LogP contribution in [0.4, 0.5) is 5.69 Å². The Morgan fingerprint density at radius 3 is 2.60 bits per heavy atom. The van der Waals surface area contributed by atoms with Gasteiger partial charge in [0.15, 0.2) is 0 Å². The Kier molecular flexibility index (Phi) is 5.25. The van der Waals surface area contributed by atoms with Gasteiger partial charge in [-0.05, 0) is 50.1 Å². The number of aromatic nitrogens is 1. The number of methoxy groups -OCH3 is 2. The lowest BCUT2D eigenvalue weighted by molar-refractivity contribution is 0.395. The van der Waals surface area contributed by atoms with E-state index in [-0.39, 0.29) is 0 Å². The van der Waals surface area contributed by atoms with Gasteiger partial charge in [-0.1, -0.05) is 0 Å². The molecule has 0 spiro atoms. The van der Waals surface area contributed by atoms with E-state index in [1.54, 1.807) is 20.4 Å². The molecule has 1 aromatic carbocycles. The molecule has 6 heteroatoms. The fourth-order valence-corrected chi connectivity index (χ4v) is 2.82. The second-order valence-electron chi connectivity index (χ2n) is 4.00. The highest BCUT2D eigenvalue weighted by Gasteiger charge is 2.07. The molecule has 1 aromatic heterocycles. The van der Waals surface area contributed by atoms with Crippen molar-refractivity contribution in [2.45, 2.75) is 6.54 Å². The lowest BCUT2D eigenvalue weighted by Crippen LogP contribution is -2.04. The van der Waals surface area contributed by atoms with Crippen molar-refractivity contribution >= 4 is 37.5 Å². The Bertz CT molecular complexity index is 606. The van der Waals surface area contributed by atoms with E-state index in [1.165, 1.54) is 0 Å². The Hall–Kier alpha value is -1.27. The summed E-state index contributed by atoms with van der Waals surface area (Å²) >= 11 is 6.88. The summed E-state index contributed by atoms with van der Waals surface area (Å²) in [5.41, 5.74) is 1.82. The van der Waals surface area contributed by atoms with Gasteiger partial charge in [0, 0.05) is 21.2 Å². The average Bonchev–Trinajstić information content (AvgIpc) is 2.46. The summed E-state index contributed by atoms with van der Waals surface area (Å²) in [6.07, 6.45) is 1.77. The molecule has 0 fully saturated rings. The monoisotopic (exact) mass is 400 g/mol. The number of pyridine rings is 1. The molecule has 4 nitrogen and oxygen atoms in total. The second-order valence-corrected chi connectivity index (χ2v) is 5.77. The predicted molar refractivity (Wildman–Crippen MR) is 86.5 cm³/mol. The predicted octanol–water partition coefficient (Wildman–Crippen LogP) is 4.24. The van der Waals surface area contributed by atoms with Crippen LogP contribution in [0.5, 0.6) is 11.5 Å². The van der Waals surface area contributed by atoms with Crippen molar-refractivity contribution in [2.75, 3.05) is 19.5 Å². The highest BCUT2D eigenvalue weighted by Crippen LogP contribution is 2.30. The molecule has 0 saturated heterocycles. The molecular formula is C14H14Br2N2O2. The number of halogens is 2. The molecule has 0 saturated carbocycles. The number of benzene rings is 1. The van der Waals surface area contributed by atoms with Gasteiger partial charge in [-0.3, -0.25) is 4.98 Å². The van der Waals surface area contributed by atoms with Crippen LogP contribution in [0.2, 0.25) is 0 Å². The summed E-state index contributed by atoms with van der Waals surface area (Å²) in [6.45, 7) is 0.594. The van der Waals surface area contributed by atoms with Gasteiger partial charge >= 0.3 is 0 Å². The van der Waals surface area contributed by atoms with Crippen LogP contribution < -0.4 is 14.8 Å². The molecule has 0 unspecified atom stereocenters. The molecule has 1 heterocycles. The van der Waals surface area contributed by atoms with E-state index < -0.39 is 0 Å². The molecule has 0 atom stereocenters. The quantitative estimate of drug-likeness (QED) is 0.813. The standard InChI is InChI=1S/C14H14Br2N2O2/c1-19-10-3-4-12(14(6-10)20-2)18-8-13-11(16)5-9(15)7-17-13/h3-7,18H,8H2,1-2H3. The highest BCUT2D eigenvalue weighted by molar-refractivity contribution is 9.11. The first-order chi connectivity index (χ1) is 9.63. The topological polar surface area (TPSA) is 43.4 Å². The van der Waals surface area contributed by atoms with Crippen LogP contribution in [0, 0.1) is 0 Å². The van der Waals surface area contributed by atoms with E-state index in [9.17, 15) is 0 Å². The van der Waals surface area contributed by atoms with Crippen molar-refractivity contribution in [1.82, 2.24) is 4.98 Å². The Morgan fingerprint density at radius 1 is 1.15 bits per heavy atom.